The first-order valence-corrected chi connectivity index (χ1v) is 10.9. The molecule has 2 saturated heterocycles. The van der Waals surface area contributed by atoms with E-state index in [2.05, 4.69) is 10.2 Å². The van der Waals surface area contributed by atoms with Crippen LogP contribution in [0, 0.1) is 13.8 Å². The van der Waals surface area contributed by atoms with Crippen LogP contribution in [0.3, 0.4) is 0 Å². The first-order chi connectivity index (χ1) is 11.2. The number of nitrogens with zero attached hydrogens (tertiary/aromatic N) is 4. The summed E-state index contributed by atoms with van der Waals surface area (Å²) >= 11 is 0. The van der Waals surface area contributed by atoms with Gasteiger partial charge in [0.15, 0.2) is 0 Å². The Morgan fingerprint density at radius 2 is 1.33 bits per heavy atom. The van der Waals surface area contributed by atoms with Crippen molar-refractivity contribution < 1.29 is 16.8 Å². The molecule has 0 aliphatic carbocycles. The molecule has 24 heavy (non-hydrogen) atoms. The van der Waals surface area contributed by atoms with E-state index in [1.807, 2.05) is 0 Å². The lowest BCUT2D eigenvalue weighted by molar-refractivity contribution is 0.259. The standard InChI is InChI=1S/C13H23N5O4S2/c1-11-13(12(2)15-14-11)23(19,20)16-7-9-18(10-8-16)24(21,22)17-5-3-4-6-17/h3-10H2,1-2H3,(H,14,15). The molecule has 1 aromatic heterocycles. The number of H-pyrrole nitrogens is 1. The minimum absolute atomic E-state index is 0.152. The summed E-state index contributed by atoms with van der Waals surface area (Å²) in [5.41, 5.74) is 0.930. The van der Waals surface area contributed by atoms with Crippen molar-refractivity contribution in [2.45, 2.75) is 31.6 Å². The fraction of sp³-hybridized carbons (Fsp3) is 0.769. The normalized spacial score (nSPS) is 22.2. The van der Waals surface area contributed by atoms with Gasteiger partial charge in [-0.2, -0.15) is 26.4 Å². The van der Waals surface area contributed by atoms with Gasteiger partial charge in [0, 0.05) is 39.3 Å². The van der Waals surface area contributed by atoms with Crippen LogP contribution in [-0.2, 0) is 20.2 Å². The highest BCUT2D eigenvalue weighted by molar-refractivity contribution is 7.89. The molecule has 0 spiro atoms. The summed E-state index contributed by atoms with van der Waals surface area (Å²) in [7, 11) is -7.14. The third-order valence-corrected chi connectivity index (χ3v) is 8.77. The maximum absolute atomic E-state index is 12.8. The summed E-state index contributed by atoms with van der Waals surface area (Å²) in [5.74, 6) is 0. The molecular formula is C13H23N5O4S2. The summed E-state index contributed by atoms with van der Waals surface area (Å²) in [6.07, 6.45) is 1.76. The number of hydrogen-bond acceptors (Lipinski definition) is 5. The molecule has 0 radical (unpaired) electrons. The number of nitrogens with one attached hydrogen (secondary N) is 1. The average molecular weight is 377 g/mol. The fourth-order valence-electron chi connectivity index (χ4n) is 3.27. The predicted octanol–water partition coefficient (Wildman–Crippen LogP) is -0.327. The minimum Gasteiger partial charge on any atom is -0.281 e. The molecule has 11 heteroatoms. The molecule has 0 atom stereocenters. The van der Waals surface area contributed by atoms with E-state index < -0.39 is 20.2 Å². The van der Waals surface area contributed by atoms with E-state index in [4.69, 9.17) is 0 Å². The van der Waals surface area contributed by atoms with Crippen molar-refractivity contribution in [3.8, 4) is 0 Å². The van der Waals surface area contributed by atoms with Crippen molar-refractivity contribution in [1.82, 2.24) is 23.1 Å². The zero-order chi connectivity index (χ0) is 17.5. The minimum atomic E-state index is -3.66. The van der Waals surface area contributed by atoms with Crippen LogP contribution in [0.5, 0.6) is 0 Å². The van der Waals surface area contributed by atoms with Gasteiger partial charge in [0.05, 0.1) is 11.4 Å². The smallest absolute Gasteiger partial charge is 0.281 e. The second-order valence-corrected chi connectivity index (χ2v) is 9.98. The maximum atomic E-state index is 12.8. The van der Waals surface area contributed by atoms with Gasteiger partial charge in [-0.3, -0.25) is 5.10 Å². The van der Waals surface area contributed by atoms with Gasteiger partial charge >= 0.3 is 0 Å². The van der Waals surface area contributed by atoms with E-state index in [1.165, 1.54) is 12.9 Å². The lowest BCUT2D eigenvalue weighted by Gasteiger charge is -2.35. The Hall–Kier alpha value is -1.01. The van der Waals surface area contributed by atoms with Crippen molar-refractivity contribution in [2.75, 3.05) is 39.3 Å². The number of aromatic nitrogens is 2. The van der Waals surface area contributed by atoms with E-state index in [0.29, 0.717) is 24.5 Å². The van der Waals surface area contributed by atoms with Gasteiger partial charge in [-0.05, 0) is 26.7 Å². The highest BCUT2D eigenvalue weighted by atomic mass is 32.2. The van der Waals surface area contributed by atoms with Crippen LogP contribution in [0.4, 0.5) is 0 Å². The van der Waals surface area contributed by atoms with Crippen LogP contribution in [0.1, 0.15) is 24.2 Å². The van der Waals surface area contributed by atoms with Crippen molar-refractivity contribution >= 4 is 20.2 Å². The quantitative estimate of drug-likeness (QED) is 0.773. The van der Waals surface area contributed by atoms with Gasteiger partial charge < -0.3 is 0 Å². The number of hydrogen-bond donors (Lipinski definition) is 1. The predicted molar refractivity (Wildman–Crippen MR) is 88.1 cm³/mol. The van der Waals surface area contributed by atoms with E-state index in [9.17, 15) is 16.8 Å². The summed E-state index contributed by atoms with van der Waals surface area (Å²) in [4.78, 5) is 0.193. The molecule has 1 aromatic rings. The van der Waals surface area contributed by atoms with Crippen LogP contribution in [0.25, 0.3) is 0 Å². The molecule has 0 aromatic carbocycles. The Bertz CT molecular complexity index is 784. The number of aromatic amines is 1. The van der Waals surface area contributed by atoms with E-state index >= 15 is 0 Å². The van der Waals surface area contributed by atoms with Crippen molar-refractivity contribution in [3.05, 3.63) is 11.4 Å². The van der Waals surface area contributed by atoms with Crippen LogP contribution in [0.15, 0.2) is 4.90 Å². The lowest BCUT2D eigenvalue weighted by Crippen LogP contribution is -2.53. The number of aryl methyl sites for hydroxylation is 2. The molecule has 9 nitrogen and oxygen atoms in total. The molecule has 3 rings (SSSR count). The van der Waals surface area contributed by atoms with Crippen LogP contribution >= 0.6 is 0 Å². The second kappa shape index (κ2) is 6.37. The Morgan fingerprint density at radius 1 is 0.833 bits per heavy atom. The second-order valence-electron chi connectivity index (χ2n) is 6.18. The molecule has 136 valence electrons. The molecule has 0 saturated carbocycles. The topological polar surface area (TPSA) is 107 Å². The van der Waals surface area contributed by atoms with Gasteiger partial charge in [-0.1, -0.05) is 0 Å². The zero-order valence-electron chi connectivity index (χ0n) is 13.9. The molecule has 1 N–H and O–H groups in total. The van der Waals surface area contributed by atoms with Crippen molar-refractivity contribution in [3.63, 3.8) is 0 Å². The van der Waals surface area contributed by atoms with Crippen LogP contribution in [-0.4, -0.2) is 79.2 Å². The zero-order valence-corrected chi connectivity index (χ0v) is 15.5. The fourth-order valence-corrected chi connectivity index (χ4v) is 6.70. The summed E-state index contributed by atoms with van der Waals surface area (Å²) in [6, 6.07) is 0. The van der Waals surface area contributed by atoms with Gasteiger partial charge in [0.2, 0.25) is 10.0 Å². The monoisotopic (exact) mass is 377 g/mol. The number of rotatable bonds is 4. The van der Waals surface area contributed by atoms with Crippen LogP contribution in [0.2, 0.25) is 0 Å². The van der Waals surface area contributed by atoms with Crippen molar-refractivity contribution in [2.24, 2.45) is 0 Å². The molecular weight excluding hydrogens is 354 g/mol. The largest absolute Gasteiger partial charge is 0.282 e. The Kier molecular flexibility index (Phi) is 4.73. The highest BCUT2D eigenvalue weighted by Gasteiger charge is 2.38. The molecule has 0 amide bonds. The SMILES string of the molecule is Cc1n[nH]c(C)c1S(=O)(=O)N1CCN(S(=O)(=O)N2CCCC2)CC1. The molecule has 2 aliphatic heterocycles. The van der Waals surface area contributed by atoms with Gasteiger partial charge in [0.25, 0.3) is 10.2 Å². The van der Waals surface area contributed by atoms with Gasteiger partial charge in [0.1, 0.15) is 4.90 Å². The maximum Gasteiger partial charge on any atom is 0.282 e. The average Bonchev–Trinajstić information content (AvgIpc) is 3.18. The van der Waals surface area contributed by atoms with E-state index in [0.717, 1.165) is 12.8 Å². The lowest BCUT2D eigenvalue weighted by atomic mass is 10.4. The van der Waals surface area contributed by atoms with Gasteiger partial charge in [-0.15, -0.1) is 0 Å². The summed E-state index contributed by atoms with van der Waals surface area (Å²) < 4.78 is 54.9. The first-order valence-electron chi connectivity index (χ1n) is 8.01. The van der Waals surface area contributed by atoms with E-state index in [1.54, 1.807) is 13.8 Å². The van der Waals surface area contributed by atoms with Gasteiger partial charge in [-0.25, -0.2) is 8.42 Å². The Balaban J connectivity index is 1.73. The Morgan fingerprint density at radius 3 is 1.83 bits per heavy atom. The third-order valence-electron chi connectivity index (χ3n) is 4.57. The molecule has 2 aliphatic rings. The molecule has 2 fully saturated rings. The number of sulfonamides is 1. The molecule has 0 unspecified atom stereocenters. The Labute approximate surface area is 142 Å². The third kappa shape index (κ3) is 2.99. The molecule has 3 heterocycles. The summed E-state index contributed by atoms with van der Waals surface area (Å²) in [6.45, 7) is 5.06. The van der Waals surface area contributed by atoms with E-state index in [-0.39, 0.29) is 31.1 Å². The van der Waals surface area contributed by atoms with Crippen molar-refractivity contribution in [1.29, 1.82) is 0 Å². The first kappa shape index (κ1) is 17.8. The van der Waals surface area contributed by atoms with Crippen LogP contribution < -0.4 is 0 Å². The number of piperazine rings is 1. The molecule has 0 bridgehead atoms. The highest BCUT2D eigenvalue weighted by Crippen LogP contribution is 2.24. The summed E-state index contributed by atoms with van der Waals surface area (Å²) in [5, 5.41) is 6.62.